The molecule has 242 valence electrons. The Labute approximate surface area is 279 Å². The quantitative estimate of drug-likeness (QED) is 0.232. The Hall–Kier alpha value is -3.41. The predicted octanol–water partition coefficient (Wildman–Crippen LogP) is 8.45. The van der Waals surface area contributed by atoms with E-state index in [2.05, 4.69) is 21.5 Å². The second-order valence-corrected chi connectivity index (χ2v) is 12.3. The number of aromatic nitrogens is 3. The highest BCUT2D eigenvalue weighted by molar-refractivity contribution is 7.07. The molecule has 3 amide bonds. The first-order valence-corrected chi connectivity index (χ1v) is 16.8. The van der Waals surface area contributed by atoms with Gasteiger partial charge in [0.05, 0.1) is 44.2 Å². The number of ether oxygens (including phenoxy) is 2. The highest BCUT2D eigenvalue weighted by Gasteiger charge is 2.37. The van der Waals surface area contributed by atoms with Crippen LogP contribution < -0.4 is 24.2 Å². The Morgan fingerprint density at radius 3 is 2.02 bits per heavy atom. The van der Waals surface area contributed by atoms with Gasteiger partial charge in [0, 0.05) is 30.3 Å². The lowest BCUT2D eigenvalue weighted by Crippen LogP contribution is -2.48. The van der Waals surface area contributed by atoms with Crippen molar-refractivity contribution >= 4 is 63.9 Å². The van der Waals surface area contributed by atoms with Crippen LogP contribution in [0.5, 0.6) is 11.5 Å². The molecule has 3 aliphatic rings. The molecule has 0 atom stereocenters. The number of carbonyl (C=O) groups is 2. The molecular formula is C32H40Cl2N6O4S. The van der Waals surface area contributed by atoms with Crippen molar-refractivity contribution in [3.63, 3.8) is 0 Å². The molecule has 0 spiro atoms. The molecule has 2 aromatic heterocycles. The van der Waals surface area contributed by atoms with Gasteiger partial charge in [0.25, 0.3) is 5.91 Å². The van der Waals surface area contributed by atoms with E-state index in [1.807, 2.05) is 5.38 Å². The Bertz CT molecular complexity index is 1420. The number of hydrogen-bond donors (Lipinski definition) is 0. The summed E-state index contributed by atoms with van der Waals surface area (Å²) in [6, 6.07) is 1.10. The third-order valence-corrected chi connectivity index (χ3v) is 9.17. The molecule has 3 heterocycles. The normalized spacial score (nSPS) is 15.4. The molecule has 10 nitrogen and oxygen atoms in total. The van der Waals surface area contributed by atoms with Gasteiger partial charge in [-0.05, 0) is 6.08 Å². The molecule has 0 N–H and O–H groups in total. The molecule has 0 radical (unpaired) electrons. The van der Waals surface area contributed by atoms with Crippen molar-refractivity contribution in [2.75, 3.05) is 36.0 Å². The Morgan fingerprint density at radius 2 is 1.56 bits per heavy atom. The number of rotatable bonds is 7. The topological polar surface area (TPSA) is 101 Å². The lowest BCUT2D eigenvalue weighted by Gasteiger charge is -2.37. The predicted molar refractivity (Wildman–Crippen MR) is 181 cm³/mol. The molecule has 2 fully saturated rings. The Kier molecular flexibility index (Phi) is 12.8. The van der Waals surface area contributed by atoms with Gasteiger partial charge in [-0.15, -0.1) is 11.3 Å². The average Bonchev–Trinajstić information content (AvgIpc) is 3.56. The summed E-state index contributed by atoms with van der Waals surface area (Å²) < 4.78 is 10.7. The lowest BCUT2D eigenvalue weighted by atomic mass is 10.0. The smallest absolute Gasteiger partial charge is 0.330 e. The van der Waals surface area contributed by atoms with E-state index in [1.165, 1.54) is 112 Å². The summed E-state index contributed by atoms with van der Waals surface area (Å²) in [6.07, 6.45) is 17.7. The minimum atomic E-state index is -0.452. The van der Waals surface area contributed by atoms with Crippen molar-refractivity contribution in [3.8, 4) is 11.5 Å². The third kappa shape index (κ3) is 8.45. The van der Waals surface area contributed by atoms with E-state index in [0.29, 0.717) is 28.6 Å². The van der Waals surface area contributed by atoms with Gasteiger partial charge < -0.3 is 9.47 Å². The number of thiazole rings is 1. The zero-order valence-electron chi connectivity index (χ0n) is 26.1. The van der Waals surface area contributed by atoms with Crippen LogP contribution in [0.1, 0.15) is 75.5 Å². The van der Waals surface area contributed by atoms with Crippen molar-refractivity contribution in [2.45, 2.75) is 77.3 Å². The van der Waals surface area contributed by atoms with E-state index in [9.17, 15) is 9.59 Å². The number of benzene rings is 1. The second kappa shape index (κ2) is 16.8. The number of hydrogen-bond acceptors (Lipinski definition) is 8. The largest absolute Gasteiger partial charge is 0.495 e. The number of likely N-dealkylation sites (N-methyl/N-ethyl adjacent to an activating group) is 1. The van der Waals surface area contributed by atoms with Gasteiger partial charge in [-0.1, -0.05) is 94.0 Å². The highest BCUT2D eigenvalue weighted by atomic mass is 35.5. The van der Waals surface area contributed by atoms with Crippen LogP contribution in [0.2, 0.25) is 10.0 Å². The van der Waals surface area contributed by atoms with Gasteiger partial charge in [-0.2, -0.15) is 4.98 Å². The fraction of sp³-hybridized carbons (Fsp3) is 0.469. The minimum absolute atomic E-state index is 0.0664. The maximum Gasteiger partial charge on any atom is 0.330 e. The van der Waals surface area contributed by atoms with Crippen LogP contribution in [0.15, 0.2) is 35.8 Å². The number of anilines is 3. The summed E-state index contributed by atoms with van der Waals surface area (Å²) in [6.45, 7) is 3.68. The van der Waals surface area contributed by atoms with Crippen molar-refractivity contribution in [2.24, 2.45) is 0 Å². The van der Waals surface area contributed by atoms with Gasteiger partial charge in [0.1, 0.15) is 27.4 Å². The zero-order chi connectivity index (χ0) is 32.3. The minimum Gasteiger partial charge on any atom is -0.495 e. The molecule has 0 saturated heterocycles. The molecule has 0 unspecified atom stereocenters. The van der Waals surface area contributed by atoms with Crippen LogP contribution >= 0.6 is 34.5 Å². The van der Waals surface area contributed by atoms with Crippen molar-refractivity contribution < 1.29 is 19.1 Å². The maximum absolute atomic E-state index is 13.9. The molecule has 0 bridgehead atoms. The summed E-state index contributed by atoms with van der Waals surface area (Å²) in [5.74, 6) is 0.668. The van der Waals surface area contributed by atoms with Crippen LogP contribution in [0.3, 0.4) is 0 Å². The number of nitrogens with zero attached hydrogens (tertiary/aromatic N) is 6. The fourth-order valence-corrected chi connectivity index (χ4v) is 6.07. The summed E-state index contributed by atoms with van der Waals surface area (Å²) in [5.41, 5.74) is 3.17. The van der Waals surface area contributed by atoms with Gasteiger partial charge in [-0.25, -0.2) is 14.8 Å². The van der Waals surface area contributed by atoms with E-state index in [4.69, 9.17) is 32.7 Å². The van der Waals surface area contributed by atoms with E-state index in [1.54, 1.807) is 17.8 Å². The van der Waals surface area contributed by atoms with Crippen LogP contribution in [0.25, 0.3) is 0 Å². The number of urea groups is 1. The van der Waals surface area contributed by atoms with Gasteiger partial charge in [0.15, 0.2) is 0 Å². The monoisotopic (exact) mass is 674 g/mol. The van der Waals surface area contributed by atoms with Crippen molar-refractivity contribution in [1.82, 2.24) is 15.0 Å². The summed E-state index contributed by atoms with van der Waals surface area (Å²) in [4.78, 5) is 43.2. The van der Waals surface area contributed by atoms with Crippen LogP contribution in [0.4, 0.5) is 22.2 Å². The van der Waals surface area contributed by atoms with Crippen molar-refractivity contribution in [3.05, 3.63) is 57.1 Å². The summed E-state index contributed by atoms with van der Waals surface area (Å²) in [7, 11) is 4.43. The van der Waals surface area contributed by atoms with Crippen LogP contribution in [-0.4, -0.2) is 48.2 Å². The Balaban J connectivity index is 0.000000389. The van der Waals surface area contributed by atoms with Gasteiger partial charge in [0.2, 0.25) is 5.95 Å². The standard InChI is InChI=1S/C22H20Cl2N6O4S.C6H12.C4H8/c1-5-16(31)28(2)21-25-7-12-8-29(19-17(23)14(33-3)6-15(34-4)18(19)24)22(32)30(20(12)27-21)9-13-10-35-11-26-13;1-2-4-6-5-3-1;1-2-4-3-1/h5-7,10-11H,1,8-9H2,2-4H3;1-6H2;1-4H2. The molecular weight excluding hydrogens is 635 g/mol. The highest BCUT2D eigenvalue weighted by Crippen LogP contribution is 2.48. The number of halogens is 2. The van der Waals surface area contributed by atoms with E-state index in [-0.39, 0.29) is 40.7 Å². The molecule has 6 rings (SSSR count). The SMILES string of the molecule is C1CCC1.C1CCCCC1.C=CC(=O)N(C)c1ncc2c(n1)N(Cc1cscn1)C(=O)N(c1c(Cl)c(OC)cc(OC)c1Cl)C2. The fourth-order valence-electron chi connectivity index (χ4n) is 4.82. The average molecular weight is 676 g/mol. The number of fused-ring (bicyclic) bond motifs is 1. The lowest BCUT2D eigenvalue weighted by molar-refractivity contribution is -0.113. The number of methoxy groups -OCH3 is 2. The number of carbonyl (C=O) groups excluding carboxylic acids is 2. The first-order valence-electron chi connectivity index (χ1n) is 15.1. The van der Waals surface area contributed by atoms with Gasteiger partial charge >= 0.3 is 6.03 Å². The summed E-state index contributed by atoms with van der Waals surface area (Å²) in [5, 5.41) is 2.13. The van der Waals surface area contributed by atoms with Gasteiger partial charge in [-0.3, -0.25) is 19.5 Å². The third-order valence-electron chi connectivity index (χ3n) is 7.80. The maximum atomic E-state index is 13.9. The number of amides is 3. The second-order valence-electron chi connectivity index (χ2n) is 10.8. The Morgan fingerprint density at radius 1 is 1.00 bits per heavy atom. The van der Waals surface area contributed by atoms with Crippen molar-refractivity contribution in [1.29, 1.82) is 0 Å². The van der Waals surface area contributed by atoms with E-state index in [0.717, 1.165) is 6.08 Å². The molecule has 2 saturated carbocycles. The zero-order valence-corrected chi connectivity index (χ0v) is 28.4. The van der Waals surface area contributed by atoms with Crippen LogP contribution in [0, 0.1) is 0 Å². The van der Waals surface area contributed by atoms with E-state index >= 15 is 0 Å². The first kappa shape index (κ1) is 34.5. The summed E-state index contributed by atoms with van der Waals surface area (Å²) >= 11 is 14.6. The molecule has 13 heteroatoms. The van der Waals surface area contributed by atoms with Crippen LogP contribution in [-0.2, 0) is 17.9 Å². The first-order chi connectivity index (χ1) is 21.8. The molecule has 1 aliphatic heterocycles. The molecule has 3 aromatic rings. The van der Waals surface area contributed by atoms with E-state index < -0.39 is 6.03 Å². The molecule has 1 aromatic carbocycles. The molecule has 45 heavy (non-hydrogen) atoms. The molecule has 2 aliphatic carbocycles.